The third kappa shape index (κ3) is 2.01. The van der Waals surface area contributed by atoms with Gasteiger partial charge in [0.05, 0.1) is 4.88 Å². The maximum Gasteiger partial charge on any atom is 0.150 e. The SMILES string of the molecule is O=Cc1ccc(F)c(-c2sccc2Br)c1. The van der Waals surface area contributed by atoms with Crippen molar-refractivity contribution in [1.82, 2.24) is 0 Å². The van der Waals surface area contributed by atoms with Crippen LogP contribution in [0.1, 0.15) is 10.4 Å². The zero-order valence-corrected chi connectivity index (χ0v) is 9.94. The first-order chi connectivity index (χ1) is 7.22. The quantitative estimate of drug-likeness (QED) is 0.758. The summed E-state index contributed by atoms with van der Waals surface area (Å²) in [6.45, 7) is 0. The van der Waals surface area contributed by atoms with Crippen molar-refractivity contribution < 1.29 is 9.18 Å². The first-order valence-electron chi connectivity index (χ1n) is 4.20. The minimum absolute atomic E-state index is 0.316. The molecule has 0 aliphatic carbocycles. The van der Waals surface area contributed by atoms with Crippen molar-refractivity contribution >= 4 is 33.6 Å². The van der Waals surface area contributed by atoms with Crippen LogP contribution in [-0.2, 0) is 0 Å². The molecular formula is C11H6BrFOS. The van der Waals surface area contributed by atoms with Gasteiger partial charge in [0, 0.05) is 15.6 Å². The summed E-state index contributed by atoms with van der Waals surface area (Å²) in [4.78, 5) is 11.4. The number of carbonyl (C=O) groups is 1. The zero-order chi connectivity index (χ0) is 10.8. The lowest BCUT2D eigenvalue weighted by Crippen LogP contribution is -1.86. The van der Waals surface area contributed by atoms with Crippen molar-refractivity contribution in [3.8, 4) is 10.4 Å². The molecule has 0 fully saturated rings. The molecule has 2 aromatic rings. The van der Waals surface area contributed by atoms with Crippen molar-refractivity contribution in [1.29, 1.82) is 0 Å². The summed E-state index contributed by atoms with van der Waals surface area (Å²) < 4.78 is 14.4. The monoisotopic (exact) mass is 284 g/mol. The zero-order valence-electron chi connectivity index (χ0n) is 7.54. The molecule has 0 spiro atoms. The van der Waals surface area contributed by atoms with Gasteiger partial charge in [0.1, 0.15) is 12.1 Å². The highest BCUT2D eigenvalue weighted by molar-refractivity contribution is 9.10. The molecule has 0 aliphatic rings. The molecule has 2 rings (SSSR count). The van der Waals surface area contributed by atoms with E-state index in [0.29, 0.717) is 17.4 Å². The van der Waals surface area contributed by atoms with Crippen LogP contribution < -0.4 is 0 Å². The number of aldehydes is 1. The van der Waals surface area contributed by atoms with E-state index in [0.717, 1.165) is 9.35 Å². The lowest BCUT2D eigenvalue weighted by Gasteiger charge is -2.02. The van der Waals surface area contributed by atoms with E-state index < -0.39 is 0 Å². The van der Waals surface area contributed by atoms with Crippen molar-refractivity contribution in [3.05, 3.63) is 45.5 Å². The van der Waals surface area contributed by atoms with Crippen molar-refractivity contribution in [2.45, 2.75) is 0 Å². The van der Waals surface area contributed by atoms with E-state index in [4.69, 9.17) is 0 Å². The summed E-state index contributed by atoms with van der Waals surface area (Å²) in [5, 5.41) is 1.87. The third-order valence-corrected chi connectivity index (χ3v) is 3.86. The molecule has 1 nitrogen and oxygen atoms in total. The molecule has 76 valence electrons. The van der Waals surface area contributed by atoms with Gasteiger partial charge in [-0.05, 0) is 45.6 Å². The van der Waals surface area contributed by atoms with Gasteiger partial charge >= 0.3 is 0 Å². The number of thiophene rings is 1. The third-order valence-electron chi connectivity index (χ3n) is 1.99. The van der Waals surface area contributed by atoms with Crippen LogP contribution in [0.4, 0.5) is 4.39 Å². The fourth-order valence-corrected chi connectivity index (χ4v) is 2.88. The highest BCUT2D eigenvalue weighted by Gasteiger charge is 2.10. The summed E-state index contributed by atoms with van der Waals surface area (Å²) in [5.41, 5.74) is 0.938. The second-order valence-corrected chi connectivity index (χ2v) is 4.73. The van der Waals surface area contributed by atoms with E-state index in [1.165, 1.54) is 23.5 Å². The highest BCUT2D eigenvalue weighted by atomic mass is 79.9. The van der Waals surface area contributed by atoms with Gasteiger partial charge in [0.15, 0.2) is 0 Å². The number of hydrogen-bond acceptors (Lipinski definition) is 2. The Balaban J connectivity index is 2.61. The van der Waals surface area contributed by atoms with E-state index in [1.54, 1.807) is 6.07 Å². The Morgan fingerprint density at radius 2 is 2.13 bits per heavy atom. The lowest BCUT2D eigenvalue weighted by atomic mass is 10.1. The van der Waals surface area contributed by atoms with Crippen LogP contribution in [-0.4, -0.2) is 6.29 Å². The molecule has 1 aromatic carbocycles. The van der Waals surface area contributed by atoms with E-state index in [-0.39, 0.29) is 5.82 Å². The Morgan fingerprint density at radius 3 is 2.73 bits per heavy atom. The molecule has 4 heteroatoms. The molecule has 1 heterocycles. The summed E-state index contributed by atoms with van der Waals surface area (Å²) in [6.07, 6.45) is 0.713. The number of hydrogen-bond donors (Lipinski definition) is 0. The molecule has 0 unspecified atom stereocenters. The van der Waals surface area contributed by atoms with Crippen LogP contribution in [0, 0.1) is 5.82 Å². The molecule has 0 saturated heterocycles. The summed E-state index contributed by atoms with van der Waals surface area (Å²) in [7, 11) is 0. The van der Waals surface area contributed by atoms with Gasteiger partial charge in [-0.25, -0.2) is 4.39 Å². The maximum absolute atomic E-state index is 13.5. The Morgan fingerprint density at radius 1 is 1.33 bits per heavy atom. The van der Waals surface area contributed by atoms with Gasteiger partial charge in [-0.3, -0.25) is 4.79 Å². The molecule has 0 atom stereocenters. The summed E-state index contributed by atoms with van der Waals surface area (Å²) in [6, 6.07) is 6.19. The second kappa shape index (κ2) is 4.24. The van der Waals surface area contributed by atoms with Gasteiger partial charge < -0.3 is 0 Å². The number of benzene rings is 1. The Labute approximate surface area is 98.7 Å². The number of carbonyl (C=O) groups excluding carboxylic acids is 1. The lowest BCUT2D eigenvalue weighted by molar-refractivity contribution is 0.112. The van der Waals surface area contributed by atoms with Gasteiger partial charge in [0.2, 0.25) is 0 Å². The fourth-order valence-electron chi connectivity index (χ4n) is 1.28. The van der Waals surface area contributed by atoms with Gasteiger partial charge in [-0.15, -0.1) is 11.3 Å². The van der Waals surface area contributed by atoms with E-state index in [1.807, 2.05) is 11.4 Å². The van der Waals surface area contributed by atoms with Crippen LogP contribution in [0.2, 0.25) is 0 Å². The minimum atomic E-state index is -0.316. The van der Waals surface area contributed by atoms with Crippen LogP contribution in [0.25, 0.3) is 10.4 Å². The number of rotatable bonds is 2. The molecule has 1 aromatic heterocycles. The average molecular weight is 285 g/mol. The van der Waals surface area contributed by atoms with Crippen LogP contribution in [0.3, 0.4) is 0 Å². The molecule has 0 aliphatic heterocycles. The van der Waals surface area contributed by atoms with E-state index in [9.17, 15) is 9.18 Å². The van der Waals surface area contributed by atoms with Gasteiger partial charge in [-0.2, -0.15) is 0 Å². The molecule has 15 heavy (non-hydrogen) atoms. The topological polar surface area (TPSA) is 17.1 Å². The van der Waals surface area contributed by atoms with E-state index in [2.05, 4.69) is 15.9 Å². The standard InChI is InChI=1S/C11H6BrFOS/c12-9-3-4-15-11(9)8-5-7(6-14)1-2-10(8)13/h1-6H. The second-order valence-electron chi connectivity index (χ2n) is 2.95. The molecule has 0 N–H and O–H groups in total. The summed E-state index contributed by atoms with van der Waals surface area (Å²) in [5.74, 6) is -0.316. The van der Waals surface area contributed by atoms with Gasteiger partial charge in [-0.1, -0.05) is 0 Å². The molecule has 0 bridgehead atoms. The molecule has 0 amide bonds. The predicted molar refractivity (Wildman–Crippen MR) is 62.8 cm³/mol. The fraction of sp³-hybridized carbons (Fsp3) is 0. The van der Waals surface area contributed by atoms with Crippen LogP contribution in [0.5, 0.6) is 0 Å². The Bertz CT molecular complexity index is 507. The van der Waals surface area contributed by atoms with E-state index >= 15 is 0 Å². The normalized spacial score (nSPS) is 10.3. The van der Waals surface area contributed by atoms with Crippen molar-refractivity contribution in [2.24, 2.45) is 0 Å². The molecular weight excluding hydrogens is 279 g/mol. The van der Waals surface area contributed by atoms with Crippen molar-refractivity contribution in [2.75, 3.05) is 0 Å². The van der Waals surface area contributed by atoms with Crippen LogP contribution in [0.15, 0.2) is 34.1 Å². The van der Waals surface area contributed by atoms with Crippen LogP contribution >= 0.6 is 27.3 Å². The average Bonchev–Trinajstić information content (AvgIpc) is 2.65. The molecule has 0 radical (unpaired) electrons. The maximum atomic E-state index is 13.5. The number of halogens is 2. The van der Waals surface area contributed by atoms with Crippen molar-refractivity contribution in [3.63, 3.8) is 0 Å². The Kier molecular flexibility index (Phi) is 2.98. The summed E-state index contributed by atoms with van der Waals surface area (Å²) >= 11 is 4.77. The Hall–Kier alpha value is -1.00. The highest BCUT2D eigenvalue weighted by Crippen LogP contribution is 2.35. The minimum Gasteiger partial charge on any atom is -0.298 e. The predicted octanol–water partition coefficient (Wildman–Crippen LogP) is 4.13. The largest absolute Gasteiger partial charge is 0.298 e. The first-order valence-corrected chi connectivity index (χ1v) is 5.87. The first kappa shape index (κ1) is 10.5. The molecule has 0 saturated carbocycles. The smallest absolute Gasteiger partial charge is 0.150 e. The van der Waals surface area contributed by atoms with Gasteiger partial charge in [0.25, 0.3) is 0 Å².